The summed E-state index contributed by atoms with van der Waals surface area (Å²) in [5, 5.41) is 9.36. The highest BCUT2D eigenvalue weighted by molar-refractivity contribution is 7.99. The van der Waals surface area contributed by atoms with E-state index in [1.807, 2.05) is 18.2 Å². The summed E-state index contributed by atoms with van der Waals surface area (Å²) >= 11 is 1.72. The highest BCUT2D eigenvalue weighted by Gasteiger charge is 2.31. The van der Waals surface area contributed by atoms with Crippen LogP contribution in [0, 0.1) is 5.92 Å². The molecule has 126 valence electrons. The Bertz CT molecular complexity index is 654. The van der Waals surface area contributed by atoms with Crippen LogP contribution in [-0.2, 0) is 16.0 Å². The number of carbonyl (C=O) groups is 1. The van der Waals surface area contributed by atoms with Gasteiger partial charge in [0.2, 0.25) is 0 Å². The first kappa shape index (κ1) is 17.1. The Balaban J connectivity index is 1.52. The van der Waals surface area contributed by atoms with Crippen molar-refractivity contribution in [1.82, 2.24) is 0 Å². The van der Waals surface area contributed by atoms with Crippen LogP contribution in [0.1, 0.15) is 12.0 Å². The Morgan fingerprint density at radius 1 is 1.08 bits per heavy atom. The molecule has 0 saturated carbocycles. The van der Waals surface area contributed by atoms with Gasteiger partial charge in [-0.2, -0.15) is 11.8 Å². The van der Waals surface area contributed by atoms with Crippen molar-refractivity contribution in [3.8, 4) is 11.1 Å². The standard InChI is InChI=1S/C20H22O3S/c21-20(22)18-10-12-23-14-19(18)24-13-11-15-6-8-17(9-7-15)16-4-2-1-3-5-16/h1-9,18-19H,10-14H2,(H,21,22). The SMILES string of the molecule is O=C(O)C1CCOCC1SCCc1ccc(-c2ccccc2)cc1. The molecule has 1 N–H and O–H groups in total. The number of aryl methyl sites for hydroxylation is 1. The minimum atomic E-state index is -0.692. The molecule has 24 heavy (non-hydrogen) atoms. The van der Waals surface area contributed by atoms with Gasteiger partial charge >= 0.3 is 5.97 Å². The predicted molar refractivity (Wildman–Crippen MR) is 98.4 cm³/mol. The molecule has 0 amide bonds. The smallest absolute Gasteiger partial charge is 0.307 e. The summed E-state index contributed by atoms with van der Waals surface area (Å²) in [5.41, 5.74) is 3.73. The number of thioether (sulfide) groups is 1. The van der Waals surface area contributed by atoms with Gasteiger partial charge in [-0.05, 0) is 35.3 Å². The lowest BCUT2D eigenvalue weighted by Gasteiger charge is -2.28. The molecule has 2 aromatic carbocycles. The van der Waals surface area contributed by atoms with Crippen LogP contribution in [0.4, 0.5) is 0 Å². The summed E-state index contributed by atoms with van der Waals surface area (Å²) in [5.74, 6) is -0.0464. The van der Waals surface area contributed by atoms with Crippen LogP contribution in [0.2, 0.25) is 0 Å². The number of carboxylic acid groups (broad SMARTS) is 1. The van der Waals surface area contributed by atoms with E-state index in [4.69, 9.17) is 4.74 Å². The van der Waals surface area contributed by atoms with Gasteiger partial charge in [-0.3, -0.25) is 4.79 Å². The van der Waals surface area contributed by atoms with E-state index in [-0.39, 0.29) is 11.2 Å². The van der Waals surface area contributed by atoms with E-state index in [0.717, 1.165) is 12.2 Å². The number of carboxylic acids is 1. The number of benzene rings is 2. The number of aliphatic carboxylic acids is 1. The molecule has 2 atom stereocenters. The van der Waals surface area contributed by atoms with Crippen molar-refractivity contribution >= 4 is 17.7 Å². The first-order valence-electron chi connectivity index (χ1n) is 8.30. The maximum absolute atomic E-state index is 11.3. The second kappa shape index (κ2) is 8.36. The third-order valence-electron chi connectivity index (χ3n) is 4.41. The Morgan fingerprint density at radius 3 is 2.50 bits per heavy atom. The van der Waals surface area contributed by atoms with Gasteiger partial charge in [-0.25, -0.2) is 0 Å². The zero-order valence-corrected chi connectivity index (χ0v) is 14.4. The van der Waals surface area contributed by atoms with E-state index in [1.54, 1.807) is 11.8 Å². The molecule has 1 aliphatic rings. The molecule has 0 aromatic heterocycles. The summed E-state index contributed by atoms with van der Waals surface area (Å²) in [6, 6.07) is 19.0. The monoisotopic (exact) mass is 342 g/mol. The van der Waals surface area contributed by atoms with Gasteiger partial charge in [0.05, 0.1) is 12.5 Å². The van der Waals surface area contributed by atoms with Crippen LogP contribution in [0.25, 0.3) is 11.1 Å². The zero-order valence-electron chi connectivity index (χ0n) is 13.6. The Kier molecular flexibility index (Phi) is 5.94. The molecule has 0 spiro atoms. The molecule has 3 nitrogen and oxygen atoms in total. The topological polar surface area (TPSA) is 46.5 Å². The maximum Gasteiger partial charge on any atom is 0.307 e. The number of ether oxygens (including phenoxy) is 1. The molecule has 4 heteroatoms. The van der Waals surface area contributed by atoms with Crippen molar-refractivity contribution < 1.29 is 14.6 Å². The molecule has 0 aliphatic carbocycles. The van der Waals surface area contributed by atoms with Crippen LogP contribution in [0.5, 0.6) is 0 Å². The average molecular weight is 342 g/mol. The summed E-state index contributed by atoms with van der Waals surface area (Å²) in [6.07, 6.45) is 1.57. The highest BCUT2D eigenvalue weighted by Crippen LogP contribution is 2.28. The molecule has 1 heterocycles. The lowest BCUT2D eigenvalue weighted by Crippen LogP contribution is -2.35. The van der Waals surface area contributed by atoms with Gasteiger partial charge in [0.15, 0.2) is 0 Å². The Labute approximate surface area is 147 Å². The Morgan fingerprint density at radius 2 is 1.79 bits per heavy atom. The van der Waals surface area contributed by atoms with Crippen molar-refractivity contribution in [2.24, 2.45) is 5.92 Å². The van der Waals surface area contributed by atoms with E-state index >= 15 is 0 Å². The predicted octanol–water partition coefficient (Wildman–Crippen LogP) is 4.12. The van der Waals surface area contributed by atoms with Gasteiger partial charge < -0.3 is 9.84 Å². The van der Waals surface area contributed by atoms with Gasteiger partial charge in [0.1, 0.15) is 0 Å². The highest BCUT2D eigenvalue weighted by atomic mass is 32.2. The van der Waals surface area contributed by atoms with Gasteiger partial charge in [-0.15, -0.1) is 0 Å². The van der Waals surface area contributed by atoms with Crippen molar-refractivity contribution in [3.05, 3.63) is 60.2 Å². The third kappa shape index (κ3) is 4.40. The zero-order chi connectivity index (χ0) is 16.8. The first-order valence-corrected chi connectivity index (χ1v) is 9.35. The van der Waals surface area contributed by atoms with Gasteiger partial charge in [0, 0.05) is 11.9 Å². The lowest BCUT2D eigenvalue weighted by atomic mass is 10.0. The average Bonchev–Trinajstić information content (AvgIpc) is 2.63. The molecule has 0 radical (unpaired) electrons. The summed E-state index contributed by atoms with van der Waals surface area (Å²) < 4.78 is 5.45. The van der Waals surface area contributed by atoms with Crippen molar-refractivity contribution in [1.29, 1.82) is 0 Å². The van der Waals surface area contributed by atoms with Crippen molar-refractivity contribution in [2.75, 3.05) is 19.0 Å². The second-order valence-corrected chi connectivity index (χ2v) is 7.38. The molecule has 1 fully saturated rings. The molecular weight excluding hydrogens is 320 g/mol. The van der Waals surface area contributed by atoms with Crippen LogP contribution in [0.15, 0.2) is 54.6 Å². The van der Waals surface area contributed by atoms with Crippen molar-refractivity contribution in [2.45, 2.75) is 18.1 Å². The molecule has 2 aromatic rings. The summed E-state index contributed by atoms with van der Waals surface area (Å²) in [4.78, 5) is 11.3. The minimum absolute atomic E-state index is 0.0693. The summed E-state index contributed by atoms with van der Waals surface area (Å²) in [7, 11) is 0. The molecule has 2 unspecified atom stereocenters. The summed E-state index contributed by atoms with van der Waals surface area (Å²) in [6.45, 7) is 1.11. The fraction of sp³-hybridized carbons (Fsp3) is 0.350. The number of hydrogen-bond donors (Lipinski definition) is 1. The van der Waals surface area contributed by atoms with Crippen LogP contribution < -0.4 is 0 Å². The molecule has 1 aliphatic heterocycles. The normalized spacial score (nSPS) is 20.7. The van der Waals surface area contributed by atoms with E-state index in [0.29, 0.717) is 19.6 Å². The van der Waals surface area contributed by atoms with Gasteiger partial charge in [0.25, 0.3) is 0 Å². The van der Waals surface area contributed by atoms with Crippen LogP contribution >= 0.6 is 11.8 Å². The minimum Gasteiger partial charge on any atom is -0.481 e. The van der Waals surface area contributed by atoms with E-state index < -0.39 is 5.97 Å². The first-order chi connectivity index (χ1) is 11.7. The fourth-order valence-electron chi connectivity index (χ4n) is 2.98. The lowest BCUT2D eigenvalue weighted by molar-refractivity contribution is -0.144. The third-order valence-corrected chi connectivity index (χ3v) is 5.74. The second-order valence-electron chi connectivity index (χ2n) is 6.03. The van der Waals surface area contributed by atoms with Crippen LogP contribution in [-0.4, -0.2) is 35.3 Å². The Hall–Kier alpha value is -1.78. The van der Waals surface area contributed by atoms with E-state index in [2.05, 4.69) is 36.4 Å². The van der Waals surface area contributed by atoms with Crippen molar-refractivity contribution in [3.63, 3.8) is 0 Å². The van der Waals surface area contributed by atoms with E-state index in [9.17, 15) is 9.90 Å². The van der Waals surface area contributed by atoms with E-state index in [1.165, 1.54) is 16.7 Å². The largest absolute Gasteiger partial charge is 0.481 e. The maximum atomic E-state index is 11.3. The number of hydrogen-bond acceptors (Lipinski definition) is 3. The van der Waals surface area contributed by atoms with Gasteiger partial charge in [-0.1, -0.05) is 54.6 Å². The van der Waals surface area contributed by atoms with Crippen LogP contribution in [0.3, 0.4) is 0 Å². The quantitative estimate of drug-likeness (QED) is 0.858. The number of rotatable bonds is 6. The fourth-order valence-corrected chi connectivity index (χ4v) is 4.31. The molecule has 1 saturated heterocycles. The molecular formula is C20H22O3S. The molecule has 3 rings (SSSR count). The molecule has 0 bridgehead atoms.